The molecule has 0 unspecified atom stereocenters. The van der Waals surface area contributed by atoms with Gasteiger partial charge in [-0.15, -0.1) is 0 Å². The van der Waals surface area contributed by atoms with Crippen molar-refractivity contribution in [3.8, 4) is 0 Å². The Morgan fingerprint density at radius 1 is 1.46 bits per heavy atom. The van der Waals surface area contributed by atoms with Crippen LogP contribution in [0.1, 0.15) is 6.92 Å². The van der Waals surface area contributed by atoms with E-state index in [1.165, 1.54) is 0 Å². The molecule has 0 saturated carbocycles. The van der Waals surface area contributed by atoms with Gasteiger partial charge in [0, 0.05) is 37.9 Å². The van der Waals surface area contributed by atoms with Crippen molar-refractivity contribution >= 4 is 9.84 Å². The van der Waals surface area contributed by atoms with Crippen LogP contribution in [0.5, 0.6) is 0 Å². The highest BCUT2D eigenvalue weighted by Crippen LogP contribution is 2.13. The molecule has 1 fully saturated rings. The fourth-order valence-corrected chi connectivity index (χ4v) is 2.21. The van der Waals surface area contributed by atoms with Gasteiger partial charge in [-0.3, -0.25) is 0 Å². The highest BCUT2D eigenvalue weighted by Gasteiger charge is 2.26. The van der Waals surface area contributed by atoms with Gasteiger partial charge in [-0.2, -0.15) is 0 Å². The second kappa shape index (κ2) is 4.39. The Hall–Kier alpha value is -0.130. The van der Waals surface area contributed by atoms with Gasteiger partial charge in [-0.1, -0.05) is 6.92 Å². The lowest BCUT2D eigenvalue weighted by atomic mass is 10.0. The Bertz CT molecular complexity index is 244. The Balaban J connectivity index is 2.16. The van der Waals surface area contributed by atoms with E-state index in [-0.39, 0.29) is 18.1 Å². The zero-order valence-electron chi connectivity index (χ0n) is 7.94. The van der Waals surface area contributed by atoms with Crippen molar-refractivity contribution in [2.24, 2.45) is 5.92 Å². The molecule has 0 aromatic heterocycles. The maximum Gasteiger partial charge on any atom is 0.151 e. The number of aliphatic hydroxyl groups is 1. The molecule has 0 atom stereocenters. The third-order valence-electron chi connectivity index (χ3n) is 2.45. The number of rotatable bonds is 5. The summed E-state index contributed by atoms with van der Waals surface area (Å²) < 4.78 is 22.2. The number of likely N-dealkylation sites (tertiary alicyclic amines) is 1. The van der Waals surface area contributed by atoms with Gasteiger partial charge >= 0.3 is 0 Å². The van der Waals surface area contributed by atoms with Gasteiger partial charge in [0.05, 0.1) is 5.75 Å². The first-order valence-corrected chi connectivity index (χ1v) is 6.43. The van der Waals surface area contributed by atoms with Crippen molar-refractivity contribution in [2.45, 2.75) is 6.92 Å². The molecule has 0 spiro atoms. The summed E-state index contributed by atoms with van der Waals surface area (Å²) in [7, 11) is -2.82. The molecular weight excluding hydrogens is 190 g/mol. The van der Waals surface area contributed by atoms with Crippen LogP contribution in [0, 0.1) is 5.92 Å². The molecule has 1 heterocycles. The molecule has 0 bridgehead atoms. The summed E-state index contributed by atoms with van der Waals surface area (Å²) in [5.74, 6) is 0.843. The summed E-state index contributed by atoms with van der Waals surface area (Å²) >= 11 is 0. The first-order chi connectivity index (χ1) is 6.07. The lowest BCUT2D eigenvalue weighted by molar-refractivity contribution is 0.0592. The van der Waals surface area contributed by atoms with Crippen molar-refractivity contribution in [1.29, 1.82) is 0 Å². The second-order valence-electron chi connectivity index (χ2n) is 3.54. The highest BCUT2D eigenvalue weighted by molar-refractivity contribution is 7.91. The van der Waals surface area contributed by atoms with E-state index in [2.05, 4.69) is 4.90 Å². The lowest BCUT2D eigenvalue weighted by Crippen LogP contribution is -2.49. The molecule has 0 aromatic carbocycles. The van der Waals surface area contributed by atoms with E-state index in [9.17, 15) is 8.42 Å². The monoisotopic (exact) mass is 207 g/mol. The summed E-state index contributed by atoms with van der Waals surface area (Å²) in [6.45, 7) is 4.19. The molecule has 78 valence electrons. The van der Waals surface area contributed by atoms with Crippen LogP contribution in [0.2, 0.25) is 0 Å². The van der Waals surface area contributed by atoms with Crippen LogP contribution in [0.15, 0.2) is 0 Å². The molecule has 5 heteroatoms. The Kier molecular flexibility index (Phi) is 3.70. The molecule has 1 aliphatic rings. The van der Waals surface area contributed by atoms with Gasteiger partial charge in [0.15, 0.2) is 9.84 Å². The van der Waals surface area contributed by atoms with Crippen molar-refractivity contribution in [1.82, 2.24) is 4.90 Å². The second-order valence-corrected chi connectivity index (χ2v) is 6.02. The zero-order chi connectivity index (χ0) is 9.90. The number of sulfone groups is 1. The molecule has 13 heavy (non-hydrogen) atoms. The summed E-state index contributed by atoms with van der Waals surface area (Å²) in [6, 6.07) is 0. The van der Waals surface area contributed by atoms with E-state index in [0.29, 0.717) is 12.5 Å². The molecule has 1 aliphatic heterocycles. The van der Waals surface area contributed by atoms with E-state index in [0.717, 1.165) is 13.1 Å². The van der Waals surface area contributed by atoms with Crippen molar-refractivity contribution in [3.63, 3.8) is 0 Å². The molecule has 1 N–H and O–H groups in total. The van der Waals surface area contributed by atoms with Crippen molar-refractivity contribution in [3.05, 3.63) is 0 Å². The molecule has 1 rings (SSSR count). The van der Waals surface area contributed by atoms with Crippen LogP contribution in [0.3, 0.4) is 0 Å². The Morgan fingerprint density at radius 2 is 2.08 bits per heavy atom. The van der Waals surface area contributed by atoms with Gasteiger partial charge in [0.25, 0.3) is 0 Å². The minimum absolute atomic E-state index is 0.219. The van der Waals surface area contributed by atoms with E-state index in [1.807, 2.05) is 0 Å². The van der Waals surface area contributed by atoms with Crippen LogP contribution in [-0.2, 0) is 9.84 Å². The molecule has 1 saturated heterocycles. The molecule has 0 aliphatic carbocycles. The van der Waals surface area contributed by atoms with Gasteiger partial charge in [-0.05, 0) is 0 Å². The largest absolute Gasteiger partial charge is 0.396 e. The SMILES string of the molecule is CCS(=O)(=O)CCN1CC(CO)C1. The molecule has 0 radical (unpaired) electrons. The molecular formula is C8H17NO3S. The standard InChI is InChI=1S/C8H17NO3S/c1-2-13(11,12)4-3-9-5-8(6-9)7-10/h8,10H,2-7H2,1H3. The summed E-state index contributed by atoms with van der Waals surface area (Å²) in [5, 5.41) is 8.73. The quantitative estimate of drug-likeness (QED) is 0.650. The van der Waals surface area contributed by atoms with Crippen LogP contribution in [0.4, 0.5) is 0 Å². The molecule has 0 amide bonds. The predicted octanol–water partition coefficient (Wildman–Crippen LogP) is -0.655. The van der Waals surface area contributed by atoms with Crippen molar-refractivity contribution in [2.75, 3.05) is 37.7 Å². The first-order valence-electron chi connectivity index (χ1n) is 4.61. The molecule has 0 aromatic rings. The summed E-state index contributed by atoms with van der Waals surface area (Å²) in [4.78, 5) is 2.06. The van der Waals surface area contributed by atoms with E-state index < -0.39 is 9.84 Å². The number of aliphatic hydroxyl groups excluding tert-OH is 1. The number of nitrogens with zero attached hydrogens (tertiary/aromatic N) is 1. The third kappa shape index (κ3) is 3.25. The summed E-state index contributed by atoms with van der Waals surface area (Å²) in [5.41, 5.74) is 0. The normalized spacial score (nSPS) is 20.2. The van der Waals surface area contributed by atoms with Crippen LogP contribution in [-0.4, -0.2) is 56.2 Å². The smallest absolute Gasteiger partial charge is 0.151 e. The minimum atomic E-state index is -2.82. The highest BCUT2D eigenvalue weighted by atomic mass is 32.2. The van der Waals surface area contributed by atoms with Crippen molar-refractivity contribution < 1.29 is 13.5 Å². The third-order valence-corrected chi connectivity index (χ3v) is 4.13. The maximum absolute atomic E-state index is 11.1. The van der Waals surface area contributed by atoms with Gasteiger partial charge in [0.1, 0.15) is 0 Å². The zero-order valence-corrected chi connectivity index (χ0v) is 8.76. The first kappa shape index (κ1) is 10.9. The molecule has 4 nitrogen and oxygen atoms in total. The van der Waals surface area contributed by atoms with E-state index >= 15 is 0 Å². The topological polar surface area (TPSA) is 57.6 Å². The van der Waals surface area contributed by atoms with Gasteiger partial charge in [-0.25, -0.2) is 8.42 Å². The van der Waals surface area contributed by atoms with Crippen LogP contribution in [0.25, 0.3) is 0 Å². The average molecular weight is 207 g/mol. The fraction of sp³-hybridized carbons (Fsp3) is 1.00. The minimum Gasteiger partial charge on any atom is -0.396 e. The van der Waals surface area contributed by atoms with Gasteiger partial charge < -0.3 is 10.0 Å². The van der Waals surface area contributed by atoms with E-state index in [1.54, 1.807) is 6.92 Å². The van der Waals surface area contributed by atoms with Gasteiger partial charge in [0.2, 0.25) is 0 Å². The number of hydrogen-bond acceptors (Lipinski definition) is 4. The van der Waals surface area contributed by atoms with Crippen LogP contribution < -0.4 is 0 Å². The maximum atomic E-state index is 11.1. The Morgan fingerprint density at radius 3 is 2.54 bits per heavy atom. The number of hydrogen-bond donors (Lipinski definition) is 1. The fourth-order valence-electron chi connectivity index (χ4n) is 1.39. The average Bonchev–Trinajstić information content (AvgIpc) is 2.02. The van der Waals surface area contributed by atoms with Crippen LogP contribution >= 0.6 is 0 Å². The Labute approximate surface area is 79.5 Å². The summed E-state index contributed by atoms with van der Waals surface area (Å²) in [6.07, 6.45) is 0. The lowest BCUT2D eigenvalue weighted by Gasteiger charge is -2.38. The van der Waals surface area contributed by atoms with E-state index in [4.69, 9.17) is 5.11 Å². The predicted molar refractivity (Wildman–Crippen MR) is 51.3 cm³/mol.